The predicted molar refractivity (Wildman–Crippen MR) is 74.2 cm³/mol. The molecule has 1 aromatic carbocycles. The van der Waals surface area contributed by atoms with Crippen LogP contribution in [0.2, 0.25) is 0 Å². The third-order valence-corrected chi connectivity index (χ3v) is 3.05. The Morgan fingerprint density at radius 3 is 2.77 bits per heavy atom. The van der Waals surface area contributed by atoms with Crippen LogP contribution in [0.3, 0.4) is 0 Å². The summed E-state index contributed by atoms with van der Waals surface area (Å²) in [7, 11) is 1.75. The van der Waals surface area contributed by atoms with Gasteiger partial charge in [-0.1, -0.05) is 5.16 Å². The van der Waals surface area contributed by atoms with Gasteiger partial charge in [-0.2, -0.15) is 4.98 Å². The quantitative estimate of drug-likeness (QED) is 0.693. The number of aromatic nitrogens is 3. The number of ether oxygens (including phenoxy) is 1. The molecule has 112 valence electrons. The number of halogens is 1. The number of nitrogens with zero attached hydrogens (tertiary/aromatic N) is 3. The number of benzene rings is 1. The van der Waals surface area contributed by atoms with E-state index in [2.05, 4.69) is 10.1 Å². The number of hydrogen-bond donors (Lipinski definition) is 0. The molecule has 0 fully saturated rings. The summed E-state index contributed by atoms with van der Waals surface area (Å²) < 4.78 is 24.6. The second-order valence-corrected chi connectivity index (χ2v) is 4.60. The Labute approximate surface area is 125 Å². The van der Waals surface area contributed by atoms with Crippen molar-refractivity contribution in [3.8, 4) is 11.4 Å². The van der Waals surface area contributed by atoms with Gasteiger partial charge in [0.25, 0.3) is 5.89 Å². The average molecular weight is 301 g/mol. The lowest BCUT2D eigenvalue weighted by atomic mass is 10.2. The summed E-state index contributed by atoms with van der Waals surface area (Å²) in [6.07, 6.45) is 1.75. The monoisotopic (exact) mass is 301 g/mol. The van der Waals surface area contributed by atoms with Crippen molar-refractivity contribution < 1.29 is 18.4 Å². The van der Waals surface area contributed by atoms with E-state index in [1.165, 1.54) is 12.1 Å². The lowest BCUT2D eigenvalue weighted by molar-refractivity contribution is 0.0418. The van der Waals surface area contributed by atoms with Gasteiger partial charge >= 0.3 is 5.97 Å². The van der Waals surface area contributed by atoms with Crippen LogP contribution in [0, 0.1) is 5.82 Å². The molecule has 0 bridgehead atoms. The van der Waals surface area contributed by atoms with Crippen molar-refractivity contribution in [1.82, 2.24) is 14.7 Å². The standard InChI is InChI=1S/C15H12FN3O3/c1-19-8-2-3-12(19)15(20)21-9-13-17-14(18-22-13)10-4-6-11(16)7-5-10/h2-8H,9H2,1H3. The van der Waals surface area contributed by atoms with Gasteiger partial charge in [0.15, 0.2) is 6.61 Å². The first-order chi connectivity index (χ1) is 10.6. The highest BCUT2D eigenvalue weighted by Crippen LogP contribution is 2.16. The van der Waals surface area contributed by atoms with Crippen LogP contribution >= 0.6 is 0 Å². The first-order valence-electron chi connectivity index (χ1n) is 6.50. The number of carbonyl (C=O) groups excluding carboxylic acids is 1. The zero-order valence-corrected chi connectivity index (χ0v) is 11.7. The molecule has 2 aromatic heterocycles. The van der Waals surface area contributed by atoms with Crippen molar-refractivity contribution in [1.29, 1.82) is 0 Å². The van der Waals surface area contributed by atoms with Crippen LogP contribution in [0.25, 0.3) is 11.4 Å². The van der Waals surface area contributed by atoms with Crippen LogP contribution in [0.4, 0.5) is 4.39 Å². The Hall–Kier alpha value is -2.96. The van der Waals surface area contributed by atoms with Gasteiger partial charge in [-0.05, 0) is 36.4 Å². The highest BCUT2D eigenvalue weighted by atomic mass is 19.1. The van der Waals surface area contributed by atoms with E-state index in [1.54, 1.807) is 42.1 Å². The molecule has 0 saturated heterocycles. The van der Waals surface area contributed by atoms with Crippen molar-refractivity contribution in [2.45, 2.75) is 6.61 Å². The highest BCUT2D eigenvalue weighted by molar-refractivity contribution is 5.87. The molecule has 0 aliphatic carbocycles. The molecular formula is C15H12FN3O3. The first-order valence-corrected chi connectivity index (χ1v) is 6.50. The second-order valence-electron chi connectivity index (χ2n) is 4.60. The molecule has 0 aliphatic rings. The molecule has 0 N–H and O–H groups in total. The second kappa shape index (κ2) is 5.80. The molecule has 0 atom stereocenters. The van der Waals surface area contributed by atoms with Crippen LogP contribution in [0.5, 0.6) is 0 Å². The van der Waals surface area contributed by atoms with Crippen molar-refractivity contribution in [3.63, 3.8) is 0 Å². The third kappa shape index (κ3) is 2.88. The molecule has 0 unspecified atom stereocenters. The van der Waals surface area contributed by atoms with Crippen LogP contribution in [-0.4, -0.2) is 20.7 Å². The minimum Gasteiger partial charge on any atom is -0.451 e. The van der Waals surface area contributed by atoms with E-state index >= 15 is 0 Å². The fraction of sp³-hybridized carbons (Fsp3) is 0.133. The molecule has 6 nitrogen and oxygen atoms in total. The molecular weight excluding hydrogens is 289 g/mol. The molecule has 0 aliphatic heterocycles. The fourth-order valence-corrected chi connectivity index (χ4v) is 1.90. The Morgan fingerprint density at radius 2 is 2.09 bits per heavy atom. The Balaban J connectivity index is 1.66. The molecule has 22 heavy (non-hydrogen) atoms. The van der Waals surface area contributed by atoms with Crippen molar-refractivity contribution in [2.75, 3.05) is 0 Å². The SMILES string of the molecule is Cn1cccc1C(=O)OCc1nc(-c2ccc(F)cc2)no1. The number of esters is 1. The largest absolute Gasteiger partial charge is 0.451 e. The summed E-state index contributed by atoms with van der Waals surface area (Å²) in [6, 6.07) is 9.09. The maximum absolute atomic E-state index is 12.9. The van der Waals surface area contributed by atoms with Crippen molar-refractivity contribution >= 4 is 5.97 Å². The fourth-order valence-electron chi connectivity index (χ4n) is 1.90. The Kier molecular flexibility index (Phi) is 3.69. The first kappa shape index (κ1) is 14.0. The van der Waals surface area contributed by atoms with Gasteiger partial charge in [0.1, 0.15) is 11.5 Å². The zero-order chi connectivity index (χ0) is 15.5. The van der Waals surface area contributed by atoms with E-state index < -0.39 is 5.97 Å². The van der Waals surface area contributed by atoms with Crippen LogP contribution in [0.1, 0.15) is 16.4 Å². The summed E-state index contributed by atoms with van der Waals surface area (Å²) in [5, 5.41) is 3.77. The third-order valence-electron chi connectivity index (χ3n) is 3.05. The van der Waals surface area contributed by atoms with Gasteiger partial charge in [0, 0.05) is 18.8 Å². The smallest absolute Gasteiger partial charge is 0.355 e. The summed E-state index contributed by atoms with van der Waals surface area (Å²) in [4.78, 5) is 15.9. The molecule has 0 saturated carbocycles. The minimum absolute atomic E-state index is 0.127. The van der Waals surface area contributed by atoms with Gasteiger partial charge in [0.2, 0.25) is 5.82 Å². The zero-order valence-electron chi connectivity index (χ0n) is 11.7. The van der Waals surface area contributed by atoms with Gasteiger partial charge in [-0.25, -0.2) is 9.18 Å². The van der Waals surface area contributed by atoms with Crippen molar-refractivity contribution in [2.24, 2.45) is 7.05 Å². The van der Waals surface area contributed by atoms with E-state index in [0.717, 1.165) is 0 Å². The normalized spacial score (nSPS) is 10.6. The van der Waals surface area contributed by atoms with E-state index in [-0.39, 0.29) is 18.3 Å². The summed E-state index contributed by atoms with van der Waals surface area (Å²) in [5.41, 5.74) is 1.04. The topological polar surface area (TPSA) is 70.2 Å². The Bertz CT molecular complexity index is 792. The van der Waals surface area contributed by atoms with Gasteiger partial charge < -0.3 is 13.8 Å². The van der Waals surface area contributed by atoms with Crippen LogP contribution in [0.15, 0.2) is 47.1 Å². The van der Waals surface area contributed by atoms with Crippen LogP contribution in [-0.2, 0) is 18.4 Å². The van der Waals surface area contributed by atoms with Gasteiger partial charge in [-0.15, -0.1) is 0 Å². The summed E-state index contributed by atoms with van der Waals surface area (Å²) in [6.45, 7) is -0.127. The molecule has 0 amide bonds. The lowest BCUT2D eigenvalue weighted by Gasteiger charge is -2.02. The molecule has 0 radical (unpaired) electrons. The molecule has 7 heteroatoms. The highest BCUT2D eigenvalue weighted by Gasteiger charge is 2.14. The van der Waals surface area contributed by atoms with E-state index in [0.29, 0.717) is 17.1 Å². The van der Waals surface area contributed by atoms with E-state index in [1.807, 2.05) is 0 Å². The molecule has 3 rings (SSSR count). The maximum atomic E-state index is 12.9. The molecule has 2 heterocycles. The summed E-state index contributed by atoms with van der Waals surface area (Å²) in [5.74, 6) is -0.343. The minimum atomic E-state index is -0.478. The Morgan fingerprint density at radius 1 is 1.32 bits per heavy atom. The summed E-state index contributed by atoms with van der Waals surface area (Å²) >= 11 is 0. The molecule has 3 aromatic rings. The lowest BCUT2D eigenvalue weighted by Crippen LogP contribution is -2.09. The number of rotatable bonds is 4. The number of hydrogen-bond acceptors (Lipinski definition) is 5. The number of aryl methyl sites for hydroxylation is 1. The average Bonchev–Trinajstić information content (AvgIpc) is 3.14. The number of carbonyl (C=O) groups is 1. The molecule has 0 spiro atoms. The van der Waals surface area contributed by atoms with E-state index in [4.69, 9.17) is 9.26 Å². The van der Waals surface area contributed by atoms with Gasteiger partial charge in [0.05, 0.1) is 0 Å². The van der Waals surface area contributed by atoms with Gasteiger partial charge in [-0.3, -0.25) is 0 Å². The predicted octanol–water partition coefficient (Wildman–Crippen LogP) is 2.57. The van der Waals surface area contributed by atoms with E-state index in [9.17, 15) is 9.18 Å². The van der Waals surface area contributed by atoms with Crippen molar-refractivity contribution in [3.05, 3.63) is 60.0 Å². The maximum Gasteiger partial charge on any atom is 0.355 e. The van der Waals surface area contributed by atoms with Crippen LogP contribution < -0.4 is 0 Å².